The summed E-state index contributed by atoms with van der Waals surface area (Å²) >= 11 is 3.09. The van der Waals surface area contributed by atoms with Crippen molar-refractivity contribution in [3.63, 3.8) is 0 Å². The maximum atomic E-state index is 12.7. The molecule has 1 unspecified atom stereocenters. The molecule has 1 aromatic carbocycles. The van der Waals surface area contributed by atoms with Crippen molar-refractivity contribution in [3.05, 3.63) is 33.8 Å². The van der Waals surface area contributed by atoms with Crippen LogP contribution in [0.3, 0.4) is 0 Å². The summed E-state index contributed by atoms with van der Waals surface area (Å²) in [4.78, 5) is 4.33. The molecule has 0 fully saturated rings. The second-order valence-corrected chi connectivity index (χ2v) is 5.70. The molecule has 0 aliphatic carbocycles. The molecule has 0 N–H and O–H groups in total. The van der Waals surface area contributed by atoms with E-state index < -0.39 is 11.7 Å². The highest BCUT2D eigenvalue weighted by Gasteiger charge is 2.32. The number of nitrogens with zero attached hydrogens (tertiary/aromatic N) is 1. The Bertz CT molecular complexity index is 511. The van der Waals surface area contributed by atoms with E-state index in [-0.39, 0.29) is 11.9 Å². The van der Waals surface area contributed by atoms with Crippen molar-refractivity contribution < 1.29 is 17.9 Å². The van der Waals surface area contributed by atoms with Gasteiger partial charge in [0, 0.05) is 10.0 Å². The van der Waals surface area contributed by atoms with Crippen LogP contribution in [0, 0.1) is 5.92 Å². The molecule has 0 radical (unpaired) electrons. The predicted octanol–water partition coefficient (Wildman–Crippen LogP) is 4.27. The van der Waals surface area contributed by atoms with Gasteiger partial charge in [0.05, 0.1) is 11.6 Å². The second kappa shape index (κ2) is 5.15. The van der Waals surface area contributed by atoms with Crippen molar-refractivity contribution >= 4 is 21.8 Å². The minimum absolute atomic E-state index is 0.00307. The van der Waals surface area contributed by atoms with E-state index in [0.29, 0.717) is 22.6 Å². The van der Waals surface area contributed by atoms with Crippen LogP contribution in [-0.2, 0) is 10.9 Å². The first kappa shape index (κ1) is 14.4. The number of benzene rings is 1. The third-order valence-corrected chi connectivity index (χ3v) is 3.37. The van der Waals surface area contributed by atoms with Crippen molar-refractivity contribution in [2.45, 2.75) is 26.1 Å². The normalized spacial score (nSPS) is 19.5. The lowest BCUT2D eigenvalue weighted by Gasteiger charge is -2.09. The molecule has 6 heteroatoms. The zero-order valence-corrected chi connectivity index (χ0v) is 12.0. The third-order valence-electron chi connectivity index (χ3n) is 2.92. The summed E-state index contributed by atoms with van der Waals surface area (Å²) in [7, 11) is 0. The predicted molar refractivity (Wildman–Crippen MR) is 70.3 cm³/mol. The Labute approximate surface area is 117 Å². The first-order valence-electron chi connectivity index (χ1n) is 5.86. The van der Waals surface area contributed by atoms with Crippen LogP contribution in [0.15, 0.2) is 27.7 Å². The third kappa shape index (κ3) is 3.29. The maximum Gasteiger partial charge on any atom is 0.416 e. The first-order chi connectivity index (χ1) is 8.77. The largest absolute Gasteiger partial charge is 0.475 e. The summed E-state index contributed by atoms with van der Waals surface area (Å²) in [5, 5.41) is 0. The van der Waals surface area contributed by atoms with Crippen LogP contribution in [0.25, 0.3) is 0 Å². The number of ether oxygens (including phenoxy) is 1. The Balaban J connectivity index is 2.36. The van der Waals surface area contributed by atoms with Gasteiger partial charge in [-0.2, -0.15) is 13.2 Å². The van der Waals surface area contributed by atoms with Gasteiger partial charge in [0.2, 0.25) is 5.90 Å². The van der Waals surface area contributed by atoms with Crippen LogP contribution in [0.2, 0.25) is 0 Å². The van der Waals surface area contributed by atoms with Gasteiger partial charge in [-0.25, -0.2) is 4.99 Å². The summed E-state index contributed by atoms with van der Waals surface area (Å²) in [6.45, 7) is 4.42. The Morgan fingerprint density at radius 2 is 2.00 bits per heavy atom. The monoisotopic (exact) mass is 335 g/mol. The summed E-state index contributed by atoms with van der Waals surface area (Å²) in [5.74, 6) is 0.581. The highest BCUT2D eigenvalue weighted by molar-refractivity contribution is 9.10. The van der Waals surface area contributed by atoms with Crippen LogP contribution in [0.5, 0.6) is 0 Å². The number of hydrogen-bond donors (Lipinski definition) is 0. The number of halogens is 4. The fourth-order valence-corrected chi connectivity index (χ4v) is 2.26. The molecule has 0 bridgehead atoms. The molecule has 0 amide bonds. The standard InChI is InChI=1S/C13H13BrF3NO/c1-7(2)11-6-19-12(18-11)8-3-9(13(15,16)17)5-10(14)4-8/h3-5,7,11H,6H2,1-2H3. The molecule has 1 heterocycles. The summed E-state index contributed by atoms with van der Waals surface area (Å²) < 4.78 is 44.0. The minimum atomic E-state index is -4.38. The molecule has 0 saturated carbocycles. The van der Waals surface area contributed by atoms with Gasteiger partial charge in [-0.05, 0) is 24.1 Å². The SMILES string of the molecule is CC(C)C1COC(c2cc(Br)cc(C(F)(F)F)c2)=N1. The van der Waals surface area contributed by atoms with E-state index >= 15 is 0 Å². The van der Waals surface area contributed by atoms with Gasteiger partial charge >= 0.3 is 6.18 Å². The van der Waals surface area contributed by atoms with E-state index in [2.05, 4.69) is 20.9 Å². The molecule has 0 spiro atoms. The lowest BCUT2D eigenvalue weighted by molar-refractivity contribution is -0.137. The van der Waals surface area contributed by atoms with Crippen LogP contribution in [0.4, 0.5) is 13.2 Å². The quantitative estimate of drug-likeness (QED) is 0.790. The molecule has 104 valence electrons. The lowest BCUT2D eigenvalue weighted by Crippen LogP contribution is -2.13. The smallest absolute Gasteiger partial charge is 0.416 e. The molecule has 19 heavy (non-hydrogen) atoms. The van der Waals surface area contributed by atoms with Crippen LogP contribution < -0.4 is 0 Å². The molecule has 1 aliphatic heterocycles. The fraction of sp³-hybridized carbons (Fsp3) is 0.462. The van der Waals surface area contributed by atoms with Crippen LogP contribution in [0.1, 0.15) is 25.0 Å². The number of alkyl halides is 3. The number of hydrogen-bond acceptors (Lipinski definition) is 2. The average Bonchev–Trinajstić information content (AvgIpc) is 2.76. The Hall–Kier alpha value is -1.04. The topological polar surface area (TPSA) is 21.6 Å². The highest BCUT2D eigenvalue weighted by atomic mass is 79.9. The van der Waals surface area contributed by atoms with Crippen LogP contribution >= 0.6 is 15.9 Å². The molecule has 1 aromatic rings. The van der Waals surface area contributed by atoms with E-state index in [1.54, 1.807) is 6.07 Å². The molecule has 2 rings (SSSR count). The number of aliphatic imine (C=N–C) groups is 1. The van der Waals surface area contributed by atoms with Gasteiger partial charge in [-0.15, -0.1) is 0 Å². The van der Waals surface area contributed by atoms with Crippen molar-refractivity contribution in [1.29, 1.82) is 0 Å². The highest BCUT2D eigenvalue weighted by Crippen LogP contribution is 2.32. The average molecular weight is 336 g/mol. The van der Waals surface area contributed by atoms with Crippen molar-refractivity contribution in [2.75, 3.05) is 6.61 Å². The van der Waals surface area contributed by atoms with Crippen LogP contribution in [-0.4, -0.2) is 18.5 Å². The molecular formula is C13H13BrF3NO. The zero-order chi connectivity index (χ0) is 14.2. The van der Waals surface area contributed by atoms with Gasteiger partial charge in [0.25, 0.3) is 0 Å². The van der Waals surface area contributed by atoms with Gasteiger partial charge < -0.3 is 4.74 Å². The molecule has 2 nitrogen and oxygen atoms in total. The fourth-order valence-electron chi connectivity index (χ4n) is 1.77. The van der Waals surface area contributed by atoms with Crippen molar-refractivity contribution in [2.24, 2.45) is 10.9 Å². The summed E-state index contributed by atoms with van der Waals surface area (Å²) in [6, 6.07) is 3.69. The minimum Gasteiger partial charge on any atom is -0.475 e. The van der Waals surface area contributed by atoms with Gasteiger partial charge in [-0.1, -0.05) is 29.8 Å². The van der Waals surface area contributed by atoms with Gasteiger partial charge in [0.1, 0.15) is 6.61 Å². The van der Waals surface area contributed by atoms with Crippen molar-refractivity contribution in [1.82, 2.24) is 0 Å². The van der Waals surface area contributed by atoms with E-state index in [0.717, 1.165) is 12.1 Å². The second-order valence-electron chi connectivity index (χ2n) is 4.78. The zero-order valence-electron chi connectivity index (χ0n) is 10.5. The first-order valence-corrected chi connectivity index (χ1v) is 6.65. The summed E-state index contributed by atoms with van der Waals surface area (Å²) in [6.07, 6.45) is -4.38. The van der Waals surface area contributed by atoms with E-state index in [4.69, 9.17) is 4.74 Å². The Kier molecular flexibility index (Phi) is 3.90. The van der Waals surface area contributed by atoms with E-state index in [1.165, 1.54) is 0 Å². The Morgan fingerprint density at radius 3 is 2.53 bits per heavy atom. The summed E-state index contributed by atoms with van der Waals surface area (Å²) in [5.41, 5.74) is -0.360. The molecule has 1 aliphatic rings. The Morgan fingerprint density at radius 1 is 1.32 bits per heavy atom. The van der Waals surface area contributed by atoms with Gasteiger partial charge in [0.15, 0.2) is 0 Å². The molecule has 1 atom stereocenters. The molecule has 0 aromatic heterocycles. The van der Waals surface area contributed by atoms with Gasteiger partial charge in [-0.3, -0.25) is 0 Å². The lowest BCUT2D eigenvalue weighted by atomic mass is 10.1. The molecule has 0 saturated heterocycles. The maximum absolute atomic E-state index is 12.7. The molecular weight excluding hydrogens is 323 g/mol. The van der Waals surface area contributed by atoms with E-state index in [1.807, 2.05) is 13.8 Å². The van der Waals surface area contributed by atoms with E-state index in [9.17, 15) is 13.2 Å². The number of rotatable bonds is 2. The van der Waals surface area contributed by atoms with Crippen molar-refractivity contribution in [3.8, 4) is 0 Å².